The number of nitrogens with one attached hydrogen (secondary N) is 1. The van der Waals surface area contributed by atoms with Gasteiger partial charge in [0, 0.05) is 6.61 Å². The minimum atomic E-state index is -1.78. The first-order valence-electron chi connectivity index (χ1n) is 5.50. The Bertz CT molecular complexity index is 262. The molecule has 0 radical (unpaired) electrons. The highest BCUT2D eigenvalue weighted by Gasteiger charge is 2.27. The summed E-state index contributed by atoms with van der Waals surface area (Å²) < 4.78 is 17.6. The Hall–Kier alpha value is -0.810. The highest BCUT2D eigenvalue weighted by atomic mass is 16.6. The topological polar surface area (TPSA) is 67.8 Å². The van der Waals surface area contributed by atoms with Crippen molar-refractivity contribution in [2.24, 2.45) is 0 Å². The average molecular weight is 218 g/mol. The zero-order valence-electron chi connectivity index (χ0n) is 10.4. The third-order valence-corrected chi connectivity index (χ3v) is 1.89. The van der Waals surface area contributed by atoms with E-state index in [1.807, 2.05) is 0 Å². The number of ether oxygens (including phenoxy) is 2. The van der Waals surface area contributed by atoms with Gasteiger partial charge in [0.1, 0.15) is 5.60 Å². The van der Waals surface area contributed by atoms with E-state index in [1.165, 1.54) is 0 Å². The van der Waals surface area contributed by atoms with Gasteiger partial charge in [-0.05, 0) is 27.2 Å². The Labute approximate surface area is 91.2 Å². The largest absolute Gasteiger partial charge is 0.444 e. The van der Waals surface area contributed by atoms with Gasteiger partial charge < -0.3 is 19.9 Å². The lowest BCUT2D eigenvalue weighted by molar-refractivity contribution is -0.0308. The second-order valence-electron chi connectivity index (χ2n) is 4.53. The van der Waals surface area contributed by atoms with Crippen molar-refractivity contribution in [2.75, 3.05) is 13.2 Å². The molecule has 88 valence electrons. The first-order chi connectivity index (χ1) is 7.21. The van der Waals surface area contributed by atoms with Gasteiger partial charge in [-0.15, -0.1) is 0 Å². The van der Waals surface area contributed by atoms with Gasteiger partial charge in [-0.25, -0.2) is 4.79 Å². The highest BCUT2D eigenvalue weighted by Crippen LogP contribution is 2.10. The maximum atomic E-state index is 11.4. The number of rotatable bonds is 1. The molecule has 5 heteroatoms. The van der Waals surface area contributed by atoms with Crippen LogP contribution in [0.5, 0.6) is 0 Å². The maximum absolute atomic E-state index is 11.4. The lowest BCUT2D eigenvalue weighted by Crippen LogP contribution is -2.49. The van der Waals surface area contributed by atoms with Crippen LogP contribution in [0.15, 0.2) is 0 Å². The molecular formula is C10H19NO4. The second kappa shape index (κ2) is 4.81. The predicted molar refractivity (Wildman–Crippen MR) is 54.6 cm³/mol. The molecule has 1 amide bonds. The van der Waals surface area contributed by atoms with E-state index in [0.717, 1.165) is 0 Å². The SMILES string of the molecule is [2H][C@@]1(O)COCC[C@H]1NC(=O)OC(C)(C)C. The van der Waals surface area contributed by atoms with Crippen molar-refractivity contribution < 1.29 is 20.7 Å². The van der Waals surface area contributed by atoms with E-state index in [1.54, 1.807) is 20.8 Å². The molecule has 1 aliphatic rings. The van der Waals surface area contributed by atoms with Crippen LogP contribution < -0.4 is 5.32 Å². The van der Waals surface area contributed by atoms with Crippen LogP contribution in [0.2, 0.25) is 0 Å². The molecule has 0 aromatic carbocycles. The van der Waals surface area contributed by atoms with Crippen molar-refractivity contribution >= 4 is 6.09 Å². The van der Waals surface area contributed by atoms with Crippen LogP contribution >= 0.6 is 0 Å². The van der Waals surface area contributed by atoms with E-state index in [-0.39, 0.29) is 6.61 Å². The summed E-state index contributed by atoms with van der Waals surface area (Å²) >= 11 is 0. The van der Waals surface area contributed by atoms with Gasteiger partial charge in [0.15, 0.2) is 0 Å². The number of aliphatic hydroxyl groups is 1. The lowest BCUT2D eigenvalue weighted by atomic mass is 10.1. The fourth-order valence-electron chi connectivity index (χ4n) is 1.25. The summed E-state index contributed by atoms with van der Waals surface area (Å²) in [6, 6.07) is -0.656. The molecule has 0 saturated carbocycles. The average Bonchev–Trinajstić information content (AvgIpc) is 2.05. The van der Waals surface area contributed by atoms with Crippen LogP contribution in [0, 0.1) is 0 Å². The maximum Gasteiger partial charge on any atom is 0.407 e. The van der Waals surface area contributed by atoms with Crippen LogP contribution in [-0.2, 0) is 9.47 Å². The minimum absolute atomic E-state index is 0.104. The Morgan fingerprint density at radius 3 is 2.87 bits per heavy atom. The number of alkyl carbamates (subject to hydrolysis) is 1. The van der Waals surface area contributed by atoms with E-state index in [2.05, 4.69) is 5.32 Å². The molecule has 0 bridgehead atoms. The van der Waals surface area contributed by atoms with Crippen molar-refractivity contribution in [1.82, 2.24) is 5.32 Å². The molecule has 2 atom stereocenters. The van der Waals surface area contributed by atoms with Crippen LogP contribution in [-0.4, -0.2) is 42.1 Å². The Morgan fingerprint density at radius 2 is 2.33 bits per heavy atom. The molecule has 0 aromatic heterocycles. The van der Waals surface area contributed by atoms with Crippen molar-refractivity contribution in [3.8, 4) is 0 Å². The monoisotopic (exact) mass is 218 g/mol. The molecule has 1 fully saturated rings. The van der Waals surface area contributed by atoms with Gasteiger partial charge in [-0.2, -0.15) is 0 Å². The molecule has 1 aliphatic heterocycles. The summed E-state index contributed by atoms with van der Waals surface area (Å²) in [5.74, 6) is 0. The van der Waals surface area contributed by atoms with Gasteiger partial charge in [-0.3, -0.25) is 0 Å². The smallest absolute Gasteiger partial charge is 0.407 e. The molecule has 0 aromatic rings. The second-order valence-corrected chi connectivity index (χ2v) is 4.53. The Balaban J connectivity index is 2.49. The van der Waals surface area contributed by atoms with Crippen molar-refractivity contribution in [3.05, 3.63) is 0 Å². The summed E-state index contributed by atoms with van der Waals surface area (Å²) in [6.45, 7) is 5.57. The molecule has 0 aliphatic carbocycles. The molecule has 0 spiro atoms. The number of carbonyl (C=O) groups excluding carboxylic acids is 1. The number of hydrogen-bond donors (Lipinski definition) is 2. The molecule has 15 heavy (non-hydrogen) atoms. The first-order valence-corrected chi connectivity index (χ1v) is 5.00. The number of hydrogen-bond acceptors (Lipinski definition) is 4. The third kappa shape index (κ3) is 4.48. The number of amides is 1. The predicted octanol–water partition coefficient (Wildman–Crippen LogP) is 0.661. The molecule has 1 saturated heterocycles. The van der Waals surface area contributed by atoms with Gasteiger partial charge >= 0.3 is 6.09 Å². The molecule has 1 heterocycles. The Morgan fingerprint density at radius 1 is 1.67 bits per heavy atom. The zero-order chi connectivity index (χ0) is 12.4. The fourth-order valence-corrected chi connectivity index (χ4v) is 1.25. The van der Waals surface area contributed by atoms with E-state index in [9.17, 15) is 9.90 Å². The van der Waals surface area contributed by atoms with Crippen LogP contribution in [0.25, 0.3) is 0 Å². The highest BCUT2D eigenvalue weighted by molar-refractivity contribution is 5.68. The van der Waals surface area contributed by atoms with Gasteiger partial charge in [0.2, 0.25) is 0 Å². The minimum Gasteiger partial charge on any atom is -0.444 e. The van der Waals surface area contributed by atoms with E-state index in [4.69, 9.17) is 10.8 Å². The summed E-state index contributed by atoms with van der Waals surface area (Å²) in [6.07, 6.45) is -2.00. The molecule has 1 rings (SSSR count). The zero-order valence-corrected chi connectivity index (χ0v) is 9.37. The lowest BCUT2D eigenvalue weighted by Gasteiger charge is -2.29. The van der Waals surface area contributed by atoms with Crippen molar-refractivity contribution in [3.63, 3.8) is 0 Å². The fraction of sp³-hybridized carbons (Fsp3) is 0.900. The summed E-state index contributed by atoms with van der Waals surface area (Å²) in [7, 11) is 0. The van der Waals surface area contributed by atoms with Crippen molar-refractivity contribution in [2.45, 2.75) is 44.9 Å². The van der Waals surface area contributed by atoms with Gasteiger partial charge in [0.25, 0.3) is 0 Å². The first kappa shape index (κ1) is 10.7. The Kier molecular flexibility index (Phi) is 3.43. The standard InChI is InChI=1S/C10H19NO4/c1-10(2,3)15-9(13)11-7-4-5-14-6-8(7)12/h7-8,12H,4-6H2,1-3H3,(H,11,13)/t7-,8-/m1/s1/i8D. The summed E-state index contributed by atoms with van der Waals surface area (Å²) in [5.41, 5.74) is -0.588. The van der Waals surface area contributed by atoms with Crippen LogP contribution in [0.4, 0.5) is 4.79 Å². The molecule has 5 nitrogen and oxygen atoms in total. The van der Waals surface area contributed by atoms with Gasteiger partial charge in [0.05, 0.1) is 20.1 Å². The molecular weight excluding hydrogens is 198 g/mol. The molecule has 2 N–H and O–H groups in total. The van der Waals surface area contributed by atoms with E-state index < -0.39 is 23.8 Å². The summed E-state index contributed by atoms with van der Waals surface area (Å²) in [4.78, 5) is 11.4. The van der Waals surface area contributed by atoms with Crippen LogP contribution in [0.3, 0.4) is 0 Å². The van der Waals surface area contributed by atoms with Gasteiger partial charge in [-0.1, -0.05) is 0 Å². The quantitative estimate of drug-likeness (QED) is 0.678. The third-order valence-electron chi connectivity index (χ3n) is 1.89. The normalized spacial score (nSPS) is 33.1. The van der Waals surface area contributed by atoms with E-state index in [0.29, 0.717) is 13.0 Å². The van der Waals surface area contributed by atoms with Crippen molar-refractivity contribution in [1.29, 1.82) is 0 Å². The number of carbonyl (C=O) groups is 1. The van der Waals surface area contributed by atoms with E-state index >= 15 is 0 Å². The van der Waals surface area contributed by atoms with Crippen LogP contribution in [0.1, 0.15) is 28.6 Å². The summed E-state index contributed by atoms with van der Waals surface area (Å²) in [5, 5.41) is 12.1. The molecule has 0 unspecified atom stereocenters.